The van der Waals surface area contributed by atoms with Gasteiger partial charge in [0.15, 0.2) is 0 Å². The van der Waals surface area contributed by atoms with E-state index in [1.807, 2.05) is 13.0 Å². The van der Waals surface area contributed by atoms with Crippen LogP contribution in [0.5, 0.6) is 0 Å². The lowest BCUT2D eigenvalue weighted by molar-refractivity contribution is 0.242. The zero-order valence-electron chi connectivity index (χ0n) is 10.7. The van der Waals surface area contributed by atoms with E-state index < -0.39 is 0 Å². The Morgan fingerprint density at radius 3 is 2.59 bits per heavy atom. The van der Waals surface area contributed by atoms with Crippen molar-refractivity contribution in [3.63, 3.8) is 0 Å². The van der Waals surface area contributed by atoms with Crippen LogP contribution in [-0.4, -0.2) is 29.0 Å². The Morgan fingerprint density at radius 2 is 2.00 bits per heavy atom. The van der Waals surface area contributed by atoms with Gasteiger partial charge in [-0.05, 0) is 50.2 Å². The third kappa shape index (κ3) is 1.77. The van der Waals surface area contributed by atoms with E-state index in [1.165, 1.54) is 6.20 Å². The molecule has 2 fully saturated rings. The molecule has 1 aliphatic heterocycles. The molecule has 92 valence electrons. The number of aromatic nitrogens is 1. The standard InChI is InChI=1S/C14H19FN2/c1-8(2)17-6-11-12(7-17)14(11)10-4-9(3)16-5-13(10)15/h4-5,8,11-12,14H,6-7H2,1-3H3. The van der Waals surface area contributed by atoms with E-state index in [0.717, 1.165) is 24.3 Å². The third-order valence-corrected chi connectivity index (χ3v) is 4.33. The molecule has 1 aliphatic carbocycles. The second-order valence-electron chi connectivity index (χ2n) is 5.75. The van der Waals surface area contributed by atoms with E-state index in [1.54, 1.807) is 0 Å². The largest absolute Gasteiger partial charge is 0.300 e. The van der Waals surface area contributed by atoms with Crippen LogP contribution in [0.15, 0.2) is 12.3 Å². The molecule has 1 aromatic rings. The molecule has 0 radical (unpaired) electrons. The van der Waals surface area contributed by atoms with Gasteiger partial charge in [-0.25, -0.2) is 4.39 Å². The highest BCUT2D eigenvalue weighted by Gasteiger charge is 2.57. The van der Waals surface area contributed by atoms with Gasteiger partial charge in [0, 0.05) is 24.8 Å². The van der Waals surface area contributed by atoms with Gasteiger partial charge in [-0.3, -0.25) is 4.98 Å². The summed E-state index contributed by atoms with van der Waals surface area (Å²) in [6.07, 6.45) is 1.37. The molecule has 2 nitrogen and oxygen atoms in total. The molecule has 0 amide bonds. The molecule has 1 saturated carbocycles. The van der Waals surface area contributed by atoms with Gasteiger partial charge >= 0.3 is 0 Å². The van der Waals surface area contributed by atoms with Crippen LogP contribution in [0.3, 0.4) is 0 Å². The van der Waals surface area contributed by atoms with Crippen molar-refractivity contribution in [2.45, 2.75) is 32.7 Å². The van der Waals surface area contributed by atoms with Gasteiger partial charge in [0.1, 0.15) is 5.82 Å². The Hall–Kier alpha value is -0.960. The molecule has 2 atom stereocenters. The molecule has 1 saturated heterocycles. The highest BCUT2D eigenvalue weighted by molar-refractivity contribution is 5.32. The van der Waals surface area contributed by atoms with Gasteiger partial charge in [-0.2, -0.15) is 0 Å². The average molecular weight is 234 g/mol. The second kappa shape index (κ2) is 3.77. The Kier molecular flexibility index (Phi) is 2.47. The summed E-state index contributed by atoms with van der Waals surface area (Å²) in [5.41, 5.74) is 1.82. The molecule has 0 N–H and O–H groups in total. The van der Waals surface area contributed by atoms with Crippen molar-refractivity contribution in [2.75, 3.05) is 13.1 Å². The van der Waals surface area contributed by atoms with Gasteiger partial charge in [-0.1, -0.05) is 0 Å². The van der Waals surface area contributed by atoms with Crippen LogP contribution in [0.1, 0.15) is 31.0 Å². The predicted octanol–water partition coefficient (Wildman–Crippen LogP) is 2.58. The molecule has 1 aromatic heterocycles. The fourth-order valence-electron chi connectivity index (χ4n) is 3.26. The minimum Gasteiger partial charge on any atom is -0.300 e. The van der Waals surface area contributed by atoms with Gasteiger partial charge in [0.2, 0.25) is 0 Å². The molecule has 0 bridgehead atoms. The first-order chi connectivity index (χ1) is 8.08. The maximum atomic E-state index is 13.7. The topological polar surface area (TPSA) is 16.1 Å². The minimum absolute atomic E-state index is 0.119. The van der Waals surface area contributed by atoms with Gasteiger partial charge < -0.3 is 4.90 Å². The fourth-order valence-corrected chi connectivity index (χ4v) is 3.26. The van der Waals surface area contributed by atoms with Crippen LogP contribution >= 0.6 is 0 Å². The maximum Gasteiger partial charge on any atom is 0.144 e. The molecule has 3 rings (SSSR count). The Balaban J connectivity index is 1.76. The Labute approximate surface area is 102 Å². The molecule has 2 heterocycles. The zero-order chi connectivity index (χ0) is 12.2. The average Bonchev–Trinajstić information content (AvgIpc) is 2.76. The van der Waals surface area contributed by atoms with E-state index in [9.17, 15) is 4.39 Å². The van der Waals surface area contributed by atoms with Gasteiger partial charge in [0.25, 0.3) is 0 Å². The van der Waals surface area contributed by atoms with Gasteiger partial charge in [0.05, 0.1) is 6.20 Å². The number of pyridine rings is 1. The van der Waals surface area contributed by atoms with Crippen LogP contribution in [0, 0.1) is 24.6 Å². The van der Waals surface area contributed by atoms with Crippen molar-refractivity contribution in [2.24, 2.45) is 11.8 Å². The van der Waals surface area contributed by atoms with Crippen LogP contribution in [-0.2, 0) is 0 Å². The number of halogens is 1. The predicted molar refractivity (Wildman–Crippen MR) is 65.4 cm³/mol. The summed E-state index contributed by atoms with van der Waals surface area (Å²) in [6, 6.07) is 2.55. The van der Waals surface area contributed by atoms with Crippen LogP contribution in [0.4, 0.5) is 4.39 Å². The first-order valence-electron chi connectivity index (χ1n) is 6.44. The van der Waals surface area contributed by atoms with E-state index in [4.69, 9.17) is 0 Å². The summed E-state index contributed by atoms with van der Waals surface area (Å²) < 4.78 is 13.7. The molecule has 2 unspecified atom stereocenters. The first kappa shape index (κ1) is 11.1. The number of likely N-dealkylation sites (tertiary alicyclic amines) is 1. The summed E-state index contributed by atoms with van der Waals surface area (Å²) in [7, 11) is 0. The lowest BCUT2D eigenvalue weighted by atomic mass is 10.1. The molecule has 2 aliphatic rings. The summed E-state index contributed by atoms with van der Waals surface area (Å²) in [6.45, 7) is 8.66. The molecule has 0 aromatic carbocycles. The van der Waals surface area contributed by atoms with Crippen molar-refractivity contribution < 1.29 is 4.39 Å². The third-order valence-electron chi connectivity index (χ3n) is 4.33. The quantitative estimate of drug-likeness (QED) is 0.782. The molecule has 17 heavy (non-hydrogen) atoms. The lowest BCUT2D eigenvalue weighted by Gasteiger charge is -2.23. The van der Waals surface area contributed by atoms with Crippen LogP contribution < -0.4 is 0 Å². The highest BCUT2D eigenvalue weighted by atomic mass is 19.1. The van der Waals surface area contributed by atoms with Crippen molar-refractivity contribution >= 4 is 0 Å². The molecule has 3 heteroatoms. The van der Waals surface area contributed by atoms with E-state index in [2.05, 4.69) is 23.7 Å². The second-order valence-corrected chi connectivity index (χ2v) is 5.75. The number of rotatable bonds is 2. The zero-order valence-corrected chi connectivity index (χ0v) is 10.7. The van der Waals surface area contributed by atoms with Crippen LogP contribution in [0.25, 0.3) is 0 Å². The SMILES string of the molecule is Cc1cc(C2C3CN(C(C)C)CC32)c(F)cn1. The Bertz CT molecular complexity index is 432. The maximum absolute atomic E-state index is 13.7. The smallest absolute Gasteiger partial charge is 0.144 e. The number of hydrogen-bond donors (Lipinski definition) is 0. The minimum atomic E-state index is -0.119. The van der Waals surface area contributed by atoms with E-state index in [0.29, 0.717) is 23.8 Å². The fraction of sp³-hybridized carbons (Fsp3) is 0.643. The lowest BCUT2D eigenvalue weighted by Crippen LogP contribution is -2.31. The molecular formula is C14H19FN2. The van der Waals surface area contributed by atoms with Crippen molar-refractivity contribution in [1.29, 1.82) is 0 Å². The van der Waals surface area contributed by atoms with Crippen LogP contribution in [0.2, 0.25) is 0 Å². The number of aryl methyl sites for hydroxylation is 1. The normalized spacial score (nSPS) is 31.9. The Morgan fingerprint density at radius 1 is 1.35 bits per heavy atom. The van der Waals surface area contributed by atoms with Gasteiger partial charge in [-0.15, -0.1) is 0 Å². The summed E-state index contributed by atoms with van der Waals surface area (Å²) >= 11 is 0. The molecule has 0 spiro atoms. The number of hydrogen-bond acceptors (Lipinski definition) is 2. The monoisotopic (exact) mass is 234 g/mol. The van der Waals surface area contributed by atoms with Crippen molar-refractivity contribution in [1.82, 2.24) is 9.88 Å². The summed E-state index contributed by atoms with van der Waals surface area (Å²) in [4.78, 5) is 6.50. The number of fused-ring (bicyclic) bond motifs is 1. The molecular weight excluding hydrogens is 215 g/mol. The number of piperidine rings is 1. The van der Waals surface area contributed by atoms with E-state index >= 15 is 0 Å². The van der Waals surface area contributed by atoms with E-state index in [-0.39, 0.29) is 5.82 Å². The number of nitrogens with zero attached hydrogens (tertiary/aromatic N) is 2. The summed E-state index contributed by atoms with van der Waals surface area (Å²) in [5.74, 6) is 1.68. The first-order valence-corrected chi connectivity index (χ1v) is 6.44. The summed E-state index contributed by atoms with van der Waals surface area (Å²) in [5, 5.41) is 0. The van der Waals surface area contributed by atoms with Crippen molar-refractivity contribution in [3.05, 3.63) is 29.3 Å². The highest BCUT2D eigenvalue weighted by Crippen LogP contribution is 2.58. The van der Waals surface area contributed by atoms with Crippen molar-refractivity contribution in [3.8, 4) is 0 Å².